The number of nitrogens with one attached hydrogen (secondary N) is 1. The van der Waals surface area contributed by atoms with Crippen LogP contribution in [0.25, 0.3) is 0 Å². The molecular weight excluding hydrogens is 396 g/mol. The number of hydrogen-bond acceptors (Lipinski definition) is 6. The Labute approximate surface area is 170 Å². The molecule has 9 heteroatoms. The number of nitro benzene ring substituents is 1. The van der Waals surface area contributed by atoms with E-state index in [1.807, 2.05) is 6.92 Å². The summed E-state index contributed by atoms with van der Waals surface area (Å²) >= 11 is 0. The van der Waals surface area contributed by atoms with Crippen LogP contribution >= 0.6 is 0 Å². The van der Waals surface area contributed by atoms with Crippen molar-refractivity contribution in [1.82, 2.24) is 4.72 Å². The number of benzene rings is 2. The van der Waals surface area contributed by atoms with Crippen molar-refractivity contribution in [3.63, 3.8) is 0 Å². The maximum Gasteiger partial charge on any atom is 0.307 e. The van der Waals surface area contributed by atoms with Crippen LogP contribution in [0.1, 0.15) is 41.7 Å². The van der Waals surface area contributed by atoms with Gasteiger partial charge >= 0.3 is 5.97 Å². The maximum atomic E-state index is 12.6. The van der Waals surface area contributed by atoms with Crippen LogP contribution in [-0.4, -0.2) is 25.9 Å². The summed E-state index contributed by atoms with van der Waals surface area (Å²) in [5, 5.41) is 10.8. The van der Waals surface area contributed by atoms with Gasteiger partial charge in [-0.2, -0.15) is 0 Å². The fourth-order valence-corrected chi connectivity index (χ4v) is 4.65. The first-order valence-electron chi connectivity index (χ1n) is 9.02. The van der Waals surface area contributed by atoms with E-state index in [2.05, 4.69) is 4.72 Å². The molecule has 29 heavy (non-hydrogen) atoms. The molecule has 0 bridgehead atoms. The van der Waals surface area contributed by atoms with Gasteiger partial charge in [0.2, 0.25) is 10.0 Å². The van der Waals surface area contributed by atoms with Gasteiger partial charge in [0.1, 0.15) is 6.10 Å². The fraction of sp³-hybridized carbons (Fsp3) is 0.350. The smallest absolute Gasteiger partial charge is 0.307 e. The Morgan fingerprint density at radius 2 is 1.79 bits per heavy atom. The number of ether oxygens (including phenoxy) is 1. The van der Waals surface area contributed by atoms with Gasteiger partial charge in [0, 0.05) is 18.7 Å². The number of rotatable bonds is 8. The van der Waals surface area contributed by atoms with Crippen LogP contribution < -0.4 is 4.72 Å². The summed E-state index contributed by atoms with van der Waals surface area (Å²) in [6, 6.07) is 9.40. The van der Waals surface area contributed by atoms with Crippen molar-refractivity contribution in [3.8, 4) is 0 Å². The molecule has 1 N–H and O–H groups in total. The summed E-state index contributed by atoms with van der Waals surface area (Å²) in [4.78, 5) is 22.6. The molecule has 156 valence electrons. The van der Waals surface area contributed by atoms with Gasteiger partial charge in [0.25, 0.3) is 5.69 Å². The quantitative estimate of drug-likeness (QED) is 0.397. The van der Waals surface area contributed by atoms with Crippen LogP contribution in [0.4, 0.5) is 5.69 Å². The molecule has 0 amide bonds. The van der Waals surface area contributed by atoms with Crippen LogP contribution in [0.5, 0.6) is 0 Å². The van der Waals surface area contributed by atoms with Crippen LogP contribution in [-0.2, 0) is 19.6 Å². The minimum absolute atomic E-state index is 0.0954. The topological polar surface area (TPSA) is 116 Å². The lowest BCUT2D eigenvalue weighted by atomic mass is 10.1. The highest BCUT2D eigenvalue weighted by Gasteiger charge is 2.21. The Bertz CT molecular complexity index is 1010. The first-order chi connectivity index (χ1) is 13.5. The number of sulfonamides is 1. The lowest BCUT2D eigenvalue weighted by Gasteiger charge is -2.15. The molecule has 2 aromatic rings. The van der Waals surface area contributed by atoms with Gasteiger partial charge in [0.15, 0.2) is 0 Å². The monoisotopic (exact) mass is 420 g/mol. The Kier molecular flexibility index (Phi) is 7.10. The molecule has 0 aliphatic rings. The minimum Gasteiger partial charge on any atom is -0.458 e. The molecule has 0 aliphatic heterocycles. The molecule has 0 aliphatic carbocycles. The maximum absolute atomic E-state index is 12.6. The average molecular weight is 420 g/mol. The molecular formula is C20H24N2O6S. The summed E-state index contributed by atoms with van der Waals surface area (Å²) in [5.41, 5.74) is 2.63. The molecule has 8 nitrogen and oxygen atoms in total. The highest BCUT2D eigenvalue weighted by molar-refractivity contribution is 7.89. The number of hydrogen-bond donors (Lipinski definition) is 1. The van der Waals surface area contributed by atoms with Crippen molar-refractivity contribution in [2.45, 2.75) is 45.1 Å². The normalized spacial score (nSPS) is 12.4. The van der Waals surface area contributed by atoms with E-state index in [1.54, 1.807) is 39.0 Å². The van der Waals surface area contributed by atoms with Crippen LogP contribution in [0.3, 0.4) is 0 Å². The highest BCUT2D eigenvalue weighted by atomic mass is 32.2. The predicted molar refractivity (Wildman–Crippen MR) is 108 cm³/mol. The van der Waals surface area contributed by atoms with Gasteiger partial charge in [0.05, 0.1) is 16.2 Å². The van der Waals surface area contributed by atoms with E-state index in [4.69, 9.17) is 4.74 Å². The van der Waals surface area contributed by atoms with Crippen molar-refractivity contribution in [1.29, 1.82) is 0 Å². The lowest BCUT2D eigenvalue weighted by Crippen LogP contribution is -2.28. The molecule has 0 saturated heterocycles. The van der Waals surface area contributed by atoms with E-state index in [0.29, 0.717) is 16.7 Å². The second-order valence-corrected chi connectivity index (χ2v) is 8.56. The van der Waals surface area contributed by atoms with Gasteiger partial charge in [-0.3, -0.25) is 14.9 Å². The van der Waals surface area contributed by atoms with Crippen molar-refractivity contribution in [2.24, 2.45) is 0 Å². The Morgan fingerprint density at radius 3 is 2.38 bits per heavy atom. The molecule has 0 heterocycles. The molecule has 2 rings (SSSR count). The van der Waals surface area contributed by atoms with Gasteiger partial charge in [-0.25, -0.2) is 13.1 Å². The highest BCUT2D eigenvalue weighted by Crippen LogP contribution is 2.23. The molecule has 0 aromatic heterocycles. The van der Waals surface area contributed by atoms with E-state index in [-0.39, 0.29) is 23.5 Å². The Morgan fingerprint density at radius 1 is 1.17 bits per heavy atom. The zero-order valence-corrected chi connectivity index (χ0v) is 17.6. The predicted octanol–water partition coefficient (Wildman–Crippen LogP) is 3.49. The van der Waals surface area contributed by atoms with Crippen LogP contribution in [0, 0.1) is 30.9 Å². The molecule has 0 fully saturated rings. The van der Waals surface area contributed by atoms with E-state index in [9.17, 15) is 23.3 Å². The van der Waals surface area contributed by atoms with E-state index in [0.717, 1.165) is 5.56 Å². The summed E-state index contributed by atoms with van der Waals surface area (Å²) in [6.45, 7) is 6.82. The van der Waals surface area contributed by atoms with Crippen molar-refractivity contribution in [3.05, 3.63) is 68.8 Å². The van der Waals surface area contributed by atoms with E-state index in [1.165, 1.54) is 18.2 Å². The second kappa shape index (κ2) is 9.15. The number of esters is 1. The zero-order chi connectivity index (χ0) is 21.8. The van der Waals surface area contributed by atoms with E-state index < -0.39 is 27.0 Å². The second-order valence-electron chi connectivity index (χ2n) is 6.86. The van der Waals surface area contributed by atoms with Crippen LogP contribution in [0.15, 0.2) is 41.3 Å². The number of carbonyl (C=O) groups excluding carboxylic acids is 1. The summed E-state index contributed by atoms with van der Waals surface area (Å²) in [7, 11) is -3.76. The first kappa shape index (κ1) is 22.5. The SMILES string of the molecule is Cc1cc(C)c(S(=O)(=O)NCCC(=O)O[C@@H](C)c2cccc([N+](=O)[O-])c2)c(C)c1. The fourth-order valence-electron chi connectivity index (χ4n) is 3.17. The molecule has 1 atom stereocenters. The van der Waals surface area contributed by atoms with Crippen molar-refractivity contribution in [2.75, 3.05) is 6.54 Å². The summed E-state index contributed by atoms with van der Waals surface area (Å²) in [6.07, 6.45) is -0.858. The Hall–Kier alpha value is -2.78. The lowest BCUT2D eigenvalue weighted by molar-refractivity contribution is -0.385. The molecule has 0 radical (unpaired) electrons. The van der Waals surface area contributed by atoms with E-state index >= 15 is 0 Å². The molecule has 0 spiro atoms. The van der Waals surface area contributed by atoms with Crippen molar-refractivity contribution < 1.29 is 22.9 Å². The third-order valence-electron chi connectivity index (χ3n) is 4.35. The standard InChI is InChI=1S/C20H24N2O6S/c1-13-10-14(2)20(15(3)11-13)29(26,27)21-9-8-19(23)28-16(4)17-6-5-7-18(12-17)22(24)25/h5-7,10-12,16,21H,8-9H2,1-4H3/t16-/m0/s1. The largest absolute Gasteiger partial charge is 0.458 e. The van der Waals surface area contributed by atoms with Crippen molar-refractivity contribution >= 4 is 21.7 Å². The van der Waals surface area contributed by atoms with Crippen LogP contribution in [0.2, 0.25) is 0 Å². The van der Waals surface area contributed by atoms with Gasteiger partial charge in [-0.15, -0.1) is 0 Å². The number of nitrogens with zero attached hydrogens (tertiary/aromatic N) is 1. The number of carbonyl (C=O) groups is 1. The third-order valence-corrected chi connectivity index (χ3v) is 6.12. The summed E-state index contributed by atoms with van der Waals surface area (Å²) in [5.74, 6) is -0.607. The molecule has 2 aromatic carbocycles. The minimum atomic E-state index is -3.76. The van der Waals surface area contributed by atoms with Gasteiger partial charge in [-0.05, 0) is 44.4 Å². The van der Waals surface area contributed by atoms with Gasteiger partial charge < -0.3 is 4.74 Å². The molecule has 0 saturated carbocycles. The van der Waals surface area contributed by atoms with Gasteiger partial charge in [-0.1, -0.05) is 29.8 Å². The number of non-ortho nitro benzene ring substituents is 1. The average Bonchev–Trinajstić information content (AvgIpc) is 2.60. The third kappa shape index (κ3) is 5.85. The first-order valence-corrected chi connectivity index (χ1v) is 10.5. The molecule has 0 unspecified atom stereocenters. The number of nitro groups is 1. The zero-order valence-electron chi connectivity index (χ0n) is 16.8. The summed E-state index contributed by atoms with van der Waals surface area (Å²) < 4.78 is 32.9. The Balaban J connectivity index is 1.96. The number of aryl methyl sites for hydroxylation is 3.